The first-order valence-electron chi connectivity index (χ1n) is 25.1. The predicted octanol–water partition coefficient (Wildman–Crippen LogP) is 16.0. The van der Waals surface area contributed by atoms with Crippen LogP contribution in [0.3, 0.4) is 0 Å². The van der Waals surface area contributed by atoms with E-state index in [0.717, 1.165) is 75.5 Å². The molecule has 0 saturated heterocycles. The monoisotopic (exact) mass is 807 g/mol. The summed E-state index contributed by atoms with van der Waals surface area (Å²) in [5.74, 6) is 1.56. The van der Waals surface area contributed by atoms with Crippen molar-refractivity contribution in [2.45, 2.75) is 279 Å². The summed E-state index contributed by atoms with van der Waals surface area (Å²) in [6, 6.07) is 0. The van der Waals surface area contributed by atoms with Crippen molar-refractivity contribution < 1.29 is 28.6 Å². The highest BCUT2D eigenvalue weighted by molar-refractivity contribution is 5.71. The maximum atomic E-state index is 12.7. The average Bonchev–Trinajstić information content (AvgIpc) is 3.16. The summed E-state index contributed by atoms with van der Waals surface area (Å²) in [7, 11) is 0. The molecule has 0 amide bonds. The van der Waals surface area contributed by atoms with E-state index < -0.39 is 6.10 Å². The summed E-state index contributed by atoms with van der Waals surface area (Å²) in [4.78, 5) is 37.8. The third kappa shape index (κ3) is 45.3. The maximum absolute atomic E-state index is 12.7. The van der Waals surface area contributed by atoms with Crippen LogP contribution < -0.4 is 0 Å². The Kier molecular flexibility index (Phi) is 41.3. The Balaban J connectivity index is 4.25. The van der Waals surface area contributed by atoms with Crippen molar-refractivity contribution in [3.05, 3.63) is 0 Å². The molecule has 0 N–H and O–H groups in total. The molecule has 0 aromatic rings. The van der Waals surface area contributed by atoms with Crippen LogP contribution in [0.4, 0.5) is 0 Å². The number of rotatable bonds is 44. The Hall–Kier alpha value is -1.59. The van der Waals surface area contributed by atoms with Gasteiger partial charge in [0.15, 0.2) is 6.10 Å². The highest BCUT2D eigenvalue weighted by Gasteiger charge is 2.19. The molecule has 0 saturated carbocycles. The van der Waals surface area contributed by atoms with Crippen molar-refractivity contribution in [2.75, 3.05) is 13.2 Å². The van der Waals surface area contributed by atoms with Gasteiger partial charge in [0.1, 0.15) is 13.2 Å². The number of carbonyl (C=O) groups is 3. The number of hydrogen-bond acceptors (Lipinski definition) is 6. The Morgan fingerprint density at radius 2 is 0.509 bits per heavy atom. The van der Waals surface area contributed by atoms with Crippen LogP contribution in [0.2, 0.25) is 0 Å². The Morgan fingerprint density at radius 3 is 0.754 bits per heavy atom. The first-order chi connectivity index (χ1) is 27.6. The number of esters is 3. The topological polar surface area (TPSA) is 78.9 Å². The molecule has 0 rings (SSSR count). The van der Waals surface area contributed by atoms with Gasteiger partial charge in [0, 0.05) is 19.3 Å². The van der Waals surface area contributed by atoms with Crippen molar-refractivity contribution in [1.82, 2.24) is 0 Å². The number of hydrogen-bond donors (Lipinski definition) is 0. The molecule has 0 aromatic carbocycles. The number of ether oxygens (including phenoxy) is 3. The van der Waals surface area contributed by atoms with Crippen LogP contribution in [-0.2, 0) is 28.6 Å². The van der Waals surface area contributed by atoms with Gasteiger partial charge in [-0.05, 0) is 37.0 Å². The molecule has 6 nitrogen and oxygen atoms in total. The molecule has 0 aromatic heterocycles. The lowest BCUT2D eigenvalue weighted by Crippen LogP contribution is -2.30. The van der Waals surface area contributed by atoms with E-state index in [-0.39, 0.29) is 31.1 Å². The summed E-state index contributed by atoms with van der Waals surface area (Å²) < 4.78 is 16.8. The number of carbonyl (C=O) groups excluding carboxylic acids is 3. The molecule has 0 heterocycles. The second-order valence-corrected chi connectivity index (χ2v) is 18.9. The molecular weight excluding hydrogens is 709 g/mol. The lowest BCUT2D eigenvalue weighted by Gasteiger charge is -2.18. The van der Waals surface area contributed by atoms with Crippen molar-refractivity contribution >= 4 is 17.9 Å². The van der Waals surface area contributed by atoms with E-state index in [0.29, 0.717) is 19.3 Å². The minimum Gasteiger partial charge on any atom is -0.462 e. The highest BCUT2D eigenvalue weighted by Crippen LogP contribution is 2.17. The molecule has 0 radical (unpaired) electrons. The van der Waals surface area contributed by atoms with Gasteiger partial charge in [-0.25, -0.2) is 0 Å². The molecule has 0 fully saturated rings. The maximum Gasteiger partial charge on any atom is 0.306 e. The lowest BCUT2D eigenvalue weighted by molar-refractivity contribution is -0.167. The van der Waals surface area contributed by atoms with Crippen LogP contribution in [0.5, 0.6) is 0 Å². The van der Waals surface area contributed by atoms with Gasteiger partial charge in [0.05, 0.1) is 0 Å². The second-order valence-electron chi connectivity index (χ2n) is 18.9. The minimum absolute atomic E-state index is 0.0657. The zero-order valence-corrected chi connectivity index (χ0v) is 39.1. The van der Waals surface area contributed by atoms with Gasteiger partial charge in [0.2, 0.25) is 0 Å². The quantitative estimate of drug-likeness (QED) is 0.0347. The fourth-order valence-electron chi connectivity index (χ4n) is 7.59. The van der Waals surface area contributed by atoms with Crippen molar-refractivity contribution in [2.24, 2.45) is 17.8 Å². The first kappa shape index (κ1) is 55.4. The molecule has 57 heavy (non-hydrogen) atoms. The first-order valence-corrected chi connectivity index (χ1v) is 25.1. The Labute approximate surface area is 355 Å². The molecule has 0 spiro atoms. The van der Waals surface area contributed by atoms with Gasteiger partial charge in [-0.2, -0.15) is 0 Å². The summed E-state index contributed by atoms with van der Waals surface area (Å²) in [5, 5.41) is 0. The molecule has 0 aliphatic carbocycles. The van der Waals surface area contributed by atoms with Crippen LogP contribution in [0.25, 0.3) is 0 Å². The van der Waals surface area contributed by atoms with Crippen LogP contribution in [-0.4, -0.2) is 37.2 Å². The average molecular weight is 807 g/mol. The molecule has 338 valence electrons. The SMILES string of the molecule is CC(C)CCCCCCCCCCCCCCCCCC(=O)OC[C@@H](COC(=O)CCCCCCCCCC(C)C)OC(=O)CCCCCCCCCCC(C)C. The molecule has 0 aliphatic rings. The van der Waals surface area contributed by atoms with Crippen molar-refractivity contribution in [3.8, 4) is 0 Å². The third-order valence-corrected chi connectivity index (χ3v) is 11.4. The molecule has 0 bridgehead atoms. The molecule has 0 aliphatic heterocycles. The summed E-state index contributed by atoms with van der Waals surface area (Å²) in [6.07, 6.45) is 41.1. The van der Waals surface area contributed by atoms with Gasteiger partial charge in [0.25, 0.3) is 0 Å². The fraction of sp³-hybridized carbons (Fsp3) is 0.941. The largest absolute Gasteiger partial charge is 0.462 e. The Morgan fingerprint density at radius 1 is 0.298 bits per heavy atom. The van der Waals surface area contributed by atoms with Crippen molar-refractivity contribution in [1.29, 1.82) is 0 Å². The molecular formula is C51H98O6. The van der Waals surface area contributed by atoms with Crippen LogP contribution in [0.1, 0.15) is 273 Å². The van der Waals surface area contributed by atoms with E-state index in [1.807, 2.05) is 0 Å². The molecule has 1 atom stereocenters. The highest BCUT2D eigenvalue weighted by atomic mass is 16.6. The second kappa shape index (κ2) is 42.5. The predicted molar refractivity (Wildman–Crippen MR) is 243 cm³/mol. The van der Waals surface area contributed by atoms with Crippen LogP contribution >= 0.6 is 0 Å². The fourth-order valence-corrected chi connectivity index (χ4v) is 7.59. The van der Waals surface area contributed by atoms with Gasteiger partial charge >= 0.3 is 17.9 Å². The van der Waals surface area contributed by atoms with E-state index in [9.17, 15) is 14.4 Å². The summed E-state index contributed by atoms with van der Waals surface area (Å²) in [6.45, 7) is 13.6. The standard InChI is InChI=1S/C51H98O6/c1-45(2)37-31-25-19-14-12-10-8-7-9-11-13-15-22-28-34-40-49(52)55-43-48(44-56-50(53)41-35-29-24-18-21-27-33-39-47(5)6)57-51(54)42-36-30-23-17-16-20-26-32-38-46(3)4/h45-48H,7-44H2,1-6H3/t48-/m0/s1. The van der Waals surface area contributed by atoms with E-state index in [2.05, 4.69) is 41.5 Å². The summed E-state index contributed by atoms with van der Waals surface area (Å²) in [5.41, 5.74) is 0. The van der Waals surface area contributed by atoms with Crippen LogP contribution in [0, 0.1) is 17.8 Å². The van der Waals surface area contributed by atoms with Gasteiger partial charge < -0.3 is 14.2 Å². The lowest BCUT2D eigenvalue weighted by atomic mass is 10.0. The van der Waals surface area contributed by atoms with Gasteiger partial charge in [-0.3, -0.25) is 14.4 Å². The zero-order valence-electron chi connectivity index (χ0n) is 39.1. The Bertz CT molecular complexity index is 883. The van der Waals surface area contributed by atoms with Gasteiger partial charge in [-0.15, -0.1) is 0 Å². The molecule has 0 unspecified atom stereocenters. The van der Waals surface area contributed by atoms with Crippen molar-refractivity contribution in [3.63, 3.8) is 0 Å². The van der Waals surface area contributed by atoms with E-state index >= 15 is 0 Å². The minimum atomic E-state index is -0.762. The summed E-state index contributed by atoms with van der Waals surface area (Å²) >= 11 is 0. The number of unbranched alkanes of at least 4 members (excludes halogenated alkanes) is 27. The van der Waals surface area contributed by atoms with E-state index in [1.165, 1.54) is 154 Å². The molecule has 6 heteroatoms. The smallest absolute Gasteiger partial charge is 0.306 e. The normalized spacial score (nSPS) is 12.2. The van der Waals surface area contributed by atoms with Gasteiger partial charge in [-0.1, -0.05) is 234 Å². The van der Waals surface area contributed by atoms with Crippen LogP contribution in [0.15, 0.2) is 0 Å². The zero-order chi connectivity index (χ0) is 42.0. The van der Waals surface area contributed by atoms with E-state index in [1.54, 1.807) is 0 Å². The third-order valence-electron chi connectivity index (χ3n) is 11.4. The van der Waals surface area contributed by atoms with E-state index in [4.69, 9.17) is 14.2 Å².